The minimum absolute atomic E-state index is 0.00613. The highest BCUT2D eigenvalue weighted by molar-refractivity contribution is 5.79. The molecule has 0 aliphatic carbocycles. The van der Waals surface area contributed by atoms with Gasteiger partial charge in [-0.15, -0.1) is 0 Å². The molecule has 20 heavy (non-hydrogen) atoms. The zero-order valence-corrected chi connectivity index (χ0v) is 12.6. The zero-order chi connectivity index (χ0) is 14.8. The smallest absolute Gasteiger partial charge is 0.227 e. The number of amides is 1. The highest BCUT2D eigenvalue weighted by Crippen LogP contribution is 2.28. The van der Waals surface area contributed by atoms with Crippen LogP contribution in [0.25, 0.3) is 0 Å². The summed E-state index contributed by atoms with van der Waals surface area (Å²) in [6, 6.07) is 7.83. The summed E-state index contributed by atoms with van der Waals surface area (Å²) in [6.07, 6.45) is 1.32. The van der Waals surface area contributed by atoms with E-state index in [9.17, 15) is 4.79 Å². The Balaban J connectivity index is 1.97. The molecule has 0 radical (unpaired) electrons. The first-order valence-electron chi connectivity index (χ1n) is 7.08. The zero-order valence-electron chi connectivity index (χ0n) is 12.6. The van der Waals surface area contributed by atoms with Crippen LogP contribution >= 0.6 is 0 Å². The number of hydrogen-bond donors (Lipinski definition) is 1. The Kier molecular flexibility index (Phi) is 4.33. The van der Waals surface area contributed by atoms with Gasteiger partial charge in [0.1, 0.15) is 5.75 Å². The standard InChI is InChI=1S/C16H24N2O2/c1-16(2)11-18(9-8-14(16)17)15(19)10-12-4-6-13(20-3)7-5-12/h4-7,14H,8-11,17H2,1-3H3. The number of hydrogen-bond acceptors (Lipinski definition) is 3. The van der Waals surface area contributed by atoms with Crippen molar-refractivity contribution < 1.29 is 9.53 Å². The molecule has 1 fully saturated rings. The molecular weight excluding hydrogens is 252 g/mol. The van der Waals surface area contributed by atoms with E-state index in [1.54, 1.807) is 7.11 Å². The molecule has 4 heteroatoms. The molecule has 0 saturated carbocycles. The number of piperidine rings is 1. The molecule has 1 unspecified atom stereocenters. The number of ether oxygens (including phenoxy) is 1. The third-order valence-corrected chi connectivity index (χ3v) is 4.18. The van der Waals surface area contributed by atoms with Gasteiger partial charge in [-0.05, 0) is 29.5 Å². The molecular formula is C16H24N2O2. The van der Waals surface area contributed by atoms with Gasteiger partial charge in [-0.3, -0.25) is 4.79 Å². The second kappa shape index (κ2) is 5.83. The molecule has 4 nitrogen and oxygen atoms in total. The van der Waals surface area contributed by atoms with Crippen LogP contribution in [0.4, 0.5) is 0 Å². The van der Waals surface area contributed by atoms with Crippen LogP contribution in [0.15, 0.2) is 24.3 Å². The molecule has 0 spiro atoms. The second-order valence-corrected chi connectivity index (χ2v) is 6.22. The Morgan fingerprint density at radius 2 is 2.05 bits per heavy atom. The number of nitrogens with zero attached hydrogens (tertiary/aromatic N) is 1. The van der Waals surface area contributed by atoms with Crippen molar-refractivity contribution in [1.29, 1.82) is 0 Å². The minimum atomic E-state index is -0.00613. The molecule has 0 bridgehead atoms. The van der Waals surface area contributed by atoms with Crippen LogP contribution in [0.2, 0.25) is 0 Å². The lowest BCUT2D eigenvalue weighted by molar-refractivity contribution is -0.133. The van der Waals surface area contributed by atoms with E-state index in [1.807, 2.05) is 29.2 Å². The summed E-state index contributed by atoms with van der Waals surface area (Å²) in [6.45, 7) is 5.76. The normalized spacial score (nSPS) is 21.6. The Hall–Kier alpha value is -1.55. The third kappa shape index (κ3) is 3.31. The van der Waals surface area contributed by atoms with Gasteiger partial charge in [0.15, 0.2) is 0 Å². The first kappa shape index (κ1) is 14.9. The molecule has 1 saturated heterocycles. The highest BCUT2D eigenvalue weighted by atomic mass is 16.5. The van der Waals surface area contributed by atoms with E-state index in [0.717, 1.165) is 30.8 Å². The van der Waals surface area contributed by atoms with Gasteiger partial charge in [0.05, 0.1) is 13.5 Å². The van der Waals surface area contributed by atoms with Gasteiger partial charge in [-0.1, -0.05) is 26.0 Å². The molecule has 0 aromatic heterocycles. The first-order valence-corrected chi connectivity index (χ1v) is 7.08. The number of rotatable bonds is 3. The van der Waals surface area contributed by atoms with E-state index in [4.69, 9.17) is 10.5 Å². The topological polar surface area (TPSA) is 55.6 Å². The fourth-order valence-corrected chi connectivity index (χ4v) is 2.62. The minimum Gasteiger partial charge on any atom is -0.497 e. The first-order chi connectivity index (χ1) is 9.42. The maximum atomic E-state index is 12.4. The quantitative estimate of drug-likeness (QED) is 0.916. The molecule has 1 atom stereocenters. The van der Waals surface area contributed by atoms with Crippen LogP contribution in [0, 0.1) is 5.41 Å². The Labute approximate surface area is 120 Å². The van der Waals surface area contributed by atoms with Gasteiger partial charge >= 0.3 is 0 Å². The number of nitrogens with two attached hydrogens (primary N) is 1. The summed E-state index contributed by atoms with van der Waals surface area (Å²) in [5.74, 6) is 0.987. The van der Waals surface area contributed by atoms with Crippen molar-refractivity contribution in [3.63, 3.8) is 0 Å². The van der Waals surface area contributed by atoms with E-state index in [-0.39, 0.29) is 17.4 Å². The summed E-state index contributed by atoms with van der Waals surface area (Å²) in [5, 5.41) is 0. The number of carbonyl (C=O) groups excluding carboxylic acids is 1. The number of likely N-dealkylation sites (tertiary alicyclic amines) is 1. The molecule has 1 aliphatic heterocycles. The van der Waals surface area contributed by atoms with Crippen molar-refractivity contribution in [1.82, 2.24) is 4.90 Å². The molecule has 1 aliphatic rings. The Morgan fingerprint density at radius 3 is 2.60 bits per heavy atom. The fraction of sp³-hybridized carbons (Fsp3) is 0.562. The number of benzene rings is 1. The van der Waals surface area contributed by atoms with Gasteiger partial charge < -0.3 is 15.4 Å². The lowest BCUT2D eigenvalue weighted by Gasteiger charge is -2.42. The van der Waals surface area contributed by atoms with Gasteiger partial charge in [0.25, 0.3) is 0 Å². The van der Waals surface area contributed by atoms with Crippen molar-refractivity contribution in [2.24, 2.45) is 11.1 Å². The summed E-state index contributed by atoms with van der Waals surface area (Å²) in [7, 11) is 1.64. The fourth-order valence-electron chi connectivity index (χ4n) is 2.62. The highest BCUT2D eigenvalue weighted by Gasteiger charge is 2.35. The summed E-state index contributed by atoms with van der Waals surface area (Å²) in [5.41, 5.74) is 7.12. The Morgan fingerprint density at radius 1 is 1.40 bits per heavy atom. The maximum Gasteiger partial charge on any atom is 0.227 e. The van der Waals surface area contributed by atoms with Crippen molar-refractivity contribution in [3.05, 3.63) is 29.8 Å². The molecule has 110 valence electrons. The van der Waals surface area contributed by atoms with E-state index in [0.29, 0.717) is 6.42 Å². The molecule has 2 rings (SSSR count). The third-order valence-electron chi connectivity index (χ3n) is 4.18. The lowest BCUT2D eigenvalue weighted by Crippen LogP contribution is -2.54. The van der Waals surface area contributed by atoms with Crippen molar-refractivity contribution in [2.45, 2.75) is 32.7 Å². The van der Waals surface area contributed by atoms with Crippen molar-refractivity contribution in [2.75, 3.05) is 20.2 Å². The predicted octanol–water partition coefficient (Wildman–Crippen LogP) is 1.82. The van der Waals surface area contributed by atoms with Crippen LogP contribution < -0.4 is 10.5 Å². The average molecular weight is 276 g/mol. The molecule has 1 aromatic rings. The molecule has 1 heterocycles. The van der Waals surface area contributed by atoms with Gasteiger partial charge in [0.2, 0.25) is 5.91 Å². The van der Waals surface area contributed by atoms with Crippen molar-refractivity contribution >= 4 is 5.91 Å². The summed E-state index contributed by atoms with van der Waals surface area (Å²) < 4.78 is 5.12. The second-order valence-electron chi connectivity index (χ2n) is 6.22. The van der Waals surface area contributed by atoms with Gasteiger partial charge in [-0.2, -0.15) is 0 Å². The van der Waals surface area contributed by atoms with Crippen molar-refractivity contribution in [3.8, 4) is 5.75 Å². The predicted molar refractivity (Wildman–Crippen MR) is 79.7 cm³/mol. The average Bonchev–Trinajstić information content (AvgIpc) is 2.42. The van der Waals surface area contributed by atoms with Crippen LogP contribution in [0.5, 0.6) is 5.75 Å². The van der Waals surface area contributed by atoms with E-state index in [2.05, 4.69) is 13.8 Å². The SMILES string of the molecule is COc1ccc(CC(=O)N2CCC(N)C(C)(C)C2)cc1. The number of methoxy groups -OCH3 is 1. The molecule has 1 amide bonds. The van der Waals surface area contributed by atoms with Crippen LogP contribution in [-0.2, 0) is 11.2 Å². The lowest BCUT2D eigenvalue weighted by atomic mass is 9.79. The monoisotopic (exact) mass is 276 g/mol. The van der Waals surface area contributed by atoms with E-state index >= 15 is 0 Å². The van der Waals surface area contributed by atoms with E-state index in [1.165, 1.54) is 0 Å². The maximum absolute atomic E-state index is 12.4. The number of carbonyl (C=O) groups is 1. The summed E-state index contributed by atoms with van der Waals surface area (Å²) >= 11 is 0. The molecule has 1 aromatic carbocycles. The van der Waals surface area contributed by atoms with Crippen LogP contribution in [0.1, 0.15) is 25.8 Å². The Bertz CT molecular complexity index is 468. The largest absolute Gasteiger partial charge is 0.497 e. The molecule has 2 N–H and O–H groups in total. The van der Waals surface area contributed by atoms with E-state index < -0.39 is 0 Å². The summed E-state index contributed by atoms with van der Waals surface area (Å²) in [4.78, 5) is 14.3. The van der Waals surface area contributed by atoms with Crippen LogP contribution in [-0.4, -0.2) is 37.0 Å². The van der Waals surface area contributed by atoms with Crippen LogP contribution in [0.3, 0.4) is 0 Å². The van der Waals surface area contributed by atoms with Gasteiger partial charge in [0, 0.05) is 19.1 Å². The van der Waals surface area contributed by atoms with Gasteiger partial charge in [-0.25, -0.2) is 0 Å².